The predicted octanol–water partition coefficient (Wildman–Crippen LogP) is 17.6. The van der Waals surface area contributed by atoms with Gasteiger partial charge in [-0.25, -0.2) is 0 Å². The van der Waals surface area contributed by atoms with Crippen molar-refractivity contribution in [2.45, 2.75) is 5.41 Å². The minimum atomic E-state index is -0.502. The molecular weight excluding hydrogens is 833 g/mol. The second-order valence-electron chi connectivity index (χ2n) is 18.0. The van der Waals surface area contributed by atoms with Crippen molar-refractivity contribution in [1.82, 2.24) is 4.57 Å². The summed E-state index contributed by atoms with van der Waals surface area (Å²) in [6, 6.07) is 102. The first kappa shape index (κ1) is 40.3. The van der Waals surface area contributed by atoms with Crippen LogP contribution in [0.3, 0.4) is 0 Å². The van der Waals surface area contributed by atoms with Crippen molar-refractivity contribution in [1.29, 1.82) is 0 Å². The van der Waals surface area contributed by atoms with Gasteiger partial charge < -0.3 is 9.47 Å². The maximum absolute atomic E-state index is 2.53. The van der Waals surface area contributed by atoms with Crippen molar-refractivity contribution < 1.29 is 0 Å². The van der Waals surface area contributed by atoms with Gasteiger partial charge in [-0.05, 0) is 104 Å². The lowest BCUT2D eigenvalue weighted by Crippen LogP contribution is -2.28. The van der Waals surface area contributed by atoms with Crippen LogP contribution in [0.5, 0.6) is 0 Å². The highest BCUT2D eigenvalue weighted by atomic mass is 15.1. The molecule has 0 fully saturated rings. The van der Waals surface area contributed by atoms with Crippen LogP contribution in [0.4, 0.5) is 17.1 Å². The number of para-hydroxylation sites is 3. The highest BCUT2D eigenvalue weighted by molar-refractivity contribution is 6.11. The highest BCUT2D eigenvalue weighted by Gasteiger charge is 2.47. The summed E-state index contributed by atoms with van der Waals surface area (Å²) in [5.74, 6) is 0. The zero-order chi connectivity index (χ0) is 45.7. The fourth-order valence-electron chi connectivity index (χ4n) is 11.4. The molecule has 11 aromatic carbocycles. The average Bonchev–Trinajstić information content (AvgIpc) is 3.93. The normalized spacial score (nSPS) is 12.5. The third-order valence-electron chi connectivity index (χ3n) is 14.3. The molecule has 12 aromatic rings. The molecule has 0 N–H and O–H groups in total. The summed E-state index contributed by atoms with van der Waals surface area (Å²) >= 11 is 0. The molecule has 69 heavy (non-hydrogen) atoms. The van der Waals surface area contributed by atoms with Gasteiger partial charge in [0.05, 0.1) is 27.8 Å². The first-order valence-electron chi connectivity index (χ1n) is 23.8. The summed E-state index contributed by atoms with van der Waals surface area (Å²) in [5.41, 5.74) is 21.1. The molecule has 0 atom stereocenters. The topological polar surface area (TPSA) is 8.17 Å². The number of hydrogen-bond acceptors (Lipinski definition) is 1. The Hall–Kier alpha value is -8.98. The summed E-state index contributed by atoms with van der Waals surface area (Å²) in [6.07, 6.45) is 0. The van der Waals surface area contributed by atoms with Crippen LogP contribution in [0.25, 0.3) is 72.0 Å². The van der Waals surface area contributed by atoms with Gasteiger partial charge in [0.2, 0.25) is 0 Å². The van der Waals surface area contributed by atoms with Gasteiger partial charge in [0.1, 0.15) is 0 Å². The zero-order valence-electron chi connectivity index (χ0n) is 38.0. The van der Waals surface area contributed by atoms with E-state index in [9.17, 15) is 0 Å². The maximum atomic E-state index is 2.53. The molecule has 0 saturated heterocycles. The Bertz CT molecular complexity index is 3780. The highest BCUT2D eigenvalue weighted by Crippen LogP contribution is 2.58. The predicted molar refractivity (Wildman–Crippen MR) is 289 cm³/mol. The van der Waals surface area contributed by atoms with Crippen molar-refractivity contribution in [3.05, 3.63) is 301 Å². The van der Waals surface area contributed by atoms with Crippen LogP contribution in [0.15, 0.2) is 279 Å². The second kappa shape index (κ2) is 16.7. The lowest BCUT2D eigenvalue weighted by molar-refractivity contribution is 0.768. The first-order valence-corrected chi connectivity index (χ1v) is 23.8. The molecule has 0 aliphatic heterocycles. The van der Waals surface area contributed by atoms with Crippen molar-refractivity contribution in [3.63, 3.8) is 0 Å². The Morgan fingerprint density at radius 2 is 0.797 bits per heavy atom. The van der Waals surface area contributed by atoms with Crippen LogP contribution in [0.1, 0.15) is 22.3 Å². The van der Waals surface area contributed by atoms with Crippen LogP contribution in [0.2, 0.25) is 0 Å². The van der Waals surface area contributed by atoms with E-state index in [1.54, 1.807) is 0 Å². The van der Waals surface area contributed by atoms with Crippen molar-refractivity contribution in [2.24, 2.45) is 0 Å². The lowest BCUT2D eigenvalue weighted by Gasteiger charge is -2.34. The molecule has 0 amide bonds. The number of fused-ring (bicyclic) bond motifs is 6. The van der Waals surface area contributed by atoms with E-state index in [1.807, 2.05) is 0 Å². The third kappa shape index (κ3) is 6.48. The number of benzene rings is 11. The lowest BCUT2D eigenvalue weighted by atomic mass is 9.68. The number of aromatic nitrogens is 1. The van der Waals surface area contributed by atoms with Crippen LogP contribution in [-0.2, 0) is 5.41 Å². The molecule has 0 radical (unpaired) electrons. The van der Waals surface area contributed by atoms with Crippen molar-refractivity contribution in [3.8, 4) is 50.2 Å². The van der Waals surface area contributed by atoms with E-state index in [0.29, 0.717) is 0 Å². The van der Waals surface area contributed by atoms with E-state index in [1.165, 1.54) is 83.1 Å². The fourth-order valence-corrected chi connectivity index (χ4v) is 11.4. The molecule has 0 unspecified atom stereocenters. The van der Waals surface area contributed by atoms with E-state index >= 15 is 0 Å². The van der Waals surface area contributed by atoms with Crippen molar-refractivity contribution in [2.75, 3.05) is 4.90 Å². The van der Waals surface area contributed by atoms with E-state index in [2.05, 4.69) is 289 Å². The Labute approximate surface area is 403 Å². The number of nitrogens with zero attached hydrogens (tertiary/aromatic N) is 2. The molecule has 2 heteroatoms. The molecule has 1 heterocycles. The van der Waals surface area contributed by atoms with Gasteiger partial charge in [-0.15, -0.1) is 0 Å². The summed E-state index contributed by atoms with van der Waals surface area (Å²) in [5, 5.41) is 2.45. The van der Waals surface area contributed by atoms with Gasteiger partial charge >= 0.3 is 0 Å². The minimum absolute atomic E-state index is 0.502. The molecule has 2 nitrogen and oxygen atoms in total. The monoisotopic (exact) mass is 878 g/mol. The van der Waals surface area contributed by atoms with E-state index in [4.69, 9.17) is 0 Å². The van der Waals surface area contributed by atoms with Crippen molar-refractivity contribution >= 4 is 38.9 Å². The van der Waals surface area contributed by atoms with Crippen LogP contribution < -0.4 is 4.90 Å². The molecular formula is C67H46N2. The van der Waals surface area contributed by atoms with Gasteiger partial charge in [0.25, 0.3) is 0 Å². The Kier molecular flexibility index (Phi) is 9.77. The molecule has 0 saturated carbocycles. The molecule has 13 rings (SSSR count). The van der Waals surface area contributed by atoms with E-state index in [-0.39, 0.29) is 0 Å². The molecule has 0 spiro atoms. The van der Waals surface area contributed by atoms with Crippen LogP contribution >= 0.6 is 0 Å². The second-order valence-corrected chi connectivity index (χ2v) is 18.0. The third-order valence-corrected chi connectivity index (χ3v) is 14.3. The number of hydrogen-bond donors (Lipinski definition) is 0. The van der Waals surface area contributed by atoms with Crippen LogP contribution in [-0.4, -0.2) is 4.57 Å². The van der Waals surface area contributed by atoms with E-state index in [0.717, 1.165) is 28.2 Å². The Morgan fingerprint density at radius 3 is 1.49 bits per heavy atom. The van der Waals surface area contributed by atoms with Gasteiger partial charge in [0.15, 0.2) is 0 Å². The average molecular weight is 879 g/mol. The van der Waals surface area contributed by atoms with Gasteiger partial charge in [-0.2, -0.15) is 0 Å². The SMILES string of the molecule is c1ccc(-c2ccccc2-c2ccc(N(c3ccccc3)c3ccccc3-c3ccc4c5ccccc5n(-c5cccc6c5-c5ccccc5C6(c5ccccc5)c5ccccc5)c4c3)cc2)cc1. The van der Waals surface area contributed by atoms with Crippen LogP contribution in [0, 0.1) is 0 Å². The van der Waals surface area contributed by atoms with Gasteiger partial charge in [-0.1, -0.05) is 231 Å². The number of anilines is 3. The molecule has 1 aliphatic carbocycles. The molecule has 324 valence electrons. The Morgan fingerprint density at radius 1 is 0.304 bits per heavy atom. The summed E-state index contributed by atoms with van der Waals surface area (Å²) in [7, 11) is 0. The van der Waals surface area contributed by atoms with E-state index < -0.39 is 5.41 Å². The maximum Gasteiger partial charge on any atom is 0.0714 e. The quantitative estimate of drug-likeness (QED) is 0.140. The Balaban J connectivity index is 0.997. The molecule has 0 bridgehead atoms. The fraction of sp³-hybridized carbons (Fsp3) is 0.0149. The van der Waals surface area contributed by atoms with Gasteiger partial charge in [-0.3, -0.25) is 0 Å². The number of rotatable bonds is 9. The largest absolute Gasteiger partial charge is 0.310 e. The molecule has 1 aliphatic rings. The molecule has 1 aromatic heterocycles. The smallest absolute Gasteiger partial charge is 0.0714 e. The summed E-state index contributed by atoms with van der Waals surface area (Å²) in [6.45, 7) is 0. The summed E-state index contributed by atoms with van der Waals surface area (Å²) in [4.78, 5) is 2.40. The summed E-state index contributed by atoms with van der Waals surface area (Å²) < 4.78 is 2.53. The minimum Gasteiger partial charge on any atom is -0.310 e. The first-order chi connectivity index (χ1) is 34.3. The standard InChI is InChI=1S/C67H46N2/c1-5-22-47(23-6-1)54-30-13-14-31-55(54)48-40-43-53(44-41-48)68(52-28-11-4-12-29-52)62-37-19-16-32-56(62)49-42-45-58-57-33-17-20-38-63(57)69(65(58)46-49)64-39-21-36-61-66(64)59-34-15-18-35-60(59)67(61,50-24-7-2-8-25-50)51-26-9-3-10-27-51/h1-46H. The van der Waals surface area contributed by atoms with Gasteiger partial charge in [0, 0.05) is 33.3 Å². The zero-order valence-corrected chi connectivity index (χ0v) is 38.0.